The largest absolute Gasteiger partial charge is 0.375 e. The van der Waals surface area contributed by atoms with Crippen molar-refractivity contribution in [3.63, 3.8) is 0 Å². The highest BCUT2D eigenvalue weighted by molar-refractivity contribution is 5.77. The molecule has 0 unspecified atom stereocenters. The Hall–Kier alpha value is -2.21. The van der Waals surface area contributed by atoms with Gasteiger partial charge in [-0.3, -0.25) is 9.36 Å². The van der Waals surface area contributed by atoms with Crippen LogP contribution in [0.5, 0.6) is 0 Å². The number of hydrogen-bond donors (Lipinski definition) is 0. The maximum Gasteiger partial charge on any atom is 0.248 e. The monoisotopic (exact) mass is 300 g/mol. The summed E-state index contributed by atoms with van der Waals surface area (Å²) in [5.41, 5.74) is 1.07. The minimum Gasteiger partial charge on any atom is -0.375 e. The molecule has 2 heterocycles. The van der Waals surface area contributed by atoms with Gasteiger partial charge in [0.05, 0.1) is 0 Å². The third kappa shape index (κ3) is 3.01. The second-order valence-electron chi connectivity index (χ2n) is 5.48. The summed E-state index contributed by atoms with van der Waals surface area (Å²) < 4.78 is 6.95. The van der Waals surface area contributed by atoms with E-state index in [1.54, 1.807) is 13.4 Å². The van der Waals surface area contributed by atoms with Crippen LogP contribution in [0.25, 0.3) is 5.69 Å². The fourth-order valence-electron chi connectivity index (χ4n) is 2.91. The summed E-state index contributed by atoms with van der Waals surface area (Å²) in [5.74, 6) is 1.37. The minimum atomic E-state index is 0.0606. The lowest BCUT2D eigenvalue weighted by Crippen LogP contribution is -2.40. The Kier molecular flexibility index (Phi) is 4.48. The van der Waals surface area contributed by atoms with Gasteiger partial charge in [0.1, 0.15) is 18.8 Å². The van der Waals surface area contributed by atoms with Gasteiger partial charge in [-0.05, 0) is 25.0 Å². The molecule has 1 aromatic heterocycles. The molecule has 0 spiro atoms. The van der Waals surface area contributed by atoms with Gasteiger partial charge in [0.15, 0.2) is 0 Å². The van der Waals surface area contributed by atoms with E-state index in [1.807, 2.05) is 39.8 Å². The van der Waals surface area contributed by atoms with Crippen LogP contribution in [-0.4, -0.2) is 52.4 Å². The zero-order valence-corrected chi connectivity index (χ0v) is 12.7. The molecule has 116 valence electrons. The number of carbonyl (C=O) groups excluding carboxylic acids is 1. The van der Waals surface area contributed by atoms with Gasteiger partial charge >= 0.3 is 0 Å². The molecule has 22 heavy (non-hydrogen) atoms. The van der Waals surface area contributed by atoms with E-state index in [0.29, 0.717) is 5.92 Å². The summed E-state index contributed by atoms with van der Waals surface area (Å²) in [6, 6.07) is 10.1. The van der Waals surface area contributed by atoms with Crippen LogP contribution in [0.3, 0.4) is 0 Å². The molecular weight excluding hydrogens is 280 g/mol. The maximum atomic E-state index is 11.8. The SMILES string of the molecule is COCC(=O)N1CCC(c2nncn2-c2ccccc2)CC1. The van der Waals surface area contributed by atoms with Gasteiger partial charge in [-0.1, -0.05) is 18.2 Å². The van der Waals surface area contributed by atoms with Crippen LogP contribution in [-0.2, 0) is 9.53 Å². The number of benzene rings is 1. The van der Waals surface area contributed by atoms with Crippen LogP contribution in [0, 0.1) is 0 Å². The lowest BCUT2D eigenvalue weighted by Gasteiger charge is -2.31. The number of nitrogens with zero attached hydrogens (tertiary/aromatic N) is 4. The Balaban J connectivity index is 1.70. The third-order valence-corrected chi connectivity index (χ3v) is 4.09. The van der Waals surface area contributed by atoms with E-state index in [-0.39, 0.29) is 12.5 Å². The van der Waals surface area contributed by atoms with Crippen LogP contribution in [0.1, 0.15) is 24.6 Å². The van der Waals surface area contributed by atoms with Crippen LogP contribution >= 0.6 is 0 Å². The molecular formula is C16H20N4O2. The van der Waals surface area contributed by atoms with E-state index in [0.717, 1.165) is 37.4 Å². The third-order valence-electron chi connectivity index (χ3n) is 4.09. The van der Waals surface area contributed by atoms with Crippen LogP contribution in [0.4, 0.5) is 0 Å². The average Bonchev–Trinajstić information content (AvgIpc) is 3.06. The van der Waals surface area contributed by atoms with Crippen molar-refractivity contribution >= 4 is 5.91 Å². The van der Waals surface area contributed by atoms with Gasteiger partial charge in [-0.2, -0.15) is 0 Å². The van der Waals surface area contributed by atoms with Crippen molar-refractivity contribution in [1.29, 1.82) is 0 Å². The smallest absolute Gasteiger partial charge is 0.248 e. The van der Waals surface area contributed by atoms with Crippen molar-refractivity contribution in [2.75, 3.05) is 26.8 Å². The number of carbonyl (C=O) groups is 1. The predicted molar refractivity (Wildman–Crippen MR) is 81.8 cm³/mol. The number of likely N-dealkylation sites (tertiary alicyclic amines) is 1. The van der Waals surface area contributed by atoms with Gasteiger partial charge in [0.25, 0.3) is 0 Å². The molecule has 2 aromatic rings. The number of ether oxygens (including phenoxy) is 1. The molecule has 6 heteroatoms. The van der Waals surface area contributed by atoms with Crippen molar-refractivity contribution in [3.8, 4) is 5.69 Å². The second-order valence-corrected chi connectivity index (χ2v) is 5.48. The van der Waals surface area contributed by atoms with Crippen molar-refractivity contribution in [2.24, 2.45) is 0 Å². The summed E-state index contributed by atoms with van der Waals surface area (Å²) in [4.78, 5) is 13.7. The maximum absolute atomic E-state index is 11.8. The molecule has 1 fully saturated rings. The summed E-state index contributed by atoms with van der Waals surface area (Å²) in [6.45, 7) is 1.65. The van der Waals surface area contributed by atoms with Gasteiger partial charge < -0.3 is 9.64 Å². The van der Waals surface area contributed by atoms with Crippen LogP contribution < -0.4 is 0 Å². The molecule has 0 atom stereocenters. The van der Waals surface area contributed by atoms with E-state index in [9.17, 15) is 4.79 Å². The van der Waals surface area contributed by atoms with Crippen LogP contribution in [0.15, 0.2) is 36.7 Å². The summed E-state index contributed by atoms with van der Waals surface area (Å²) >= 11 is 0. The Morgan fingerprint density at radius 1 is 1.27 bits per heavy atom. The fourth-order valence-corrected chi connectivity index (χ4v) is 2.91. The van der Waals surface area contributed by atoms with Gasteiger partial charge in [-0.25, -0.2) is 0 Å². The summed E-state index contributed by atoms with van der Waals surface area (Å²) in [7, 11) is 1.55. The van der Waals surface area contributed by atoms with E-state index in [2.05, 4.69) is 10.2 Å². The Bertz CT molecular complexity index is 618. The number of rotatable bonds is 4. The molecule has 1 amide bonds. The van der Waals surface area contributed by atoms with Gasteiger partial charge in [0.2, 0.25) is 5.91 Å². The molecule has 1 aromatic carbocycles. The number of para-hydroxylation sites is 1. The summed E-state index contributed by atoms with van der Waals surface area (Å²) in [5, 5.41) is 8.38. The molecule has 0 N–H and O–H groups in total. The zero-order chi connectivity index (χ0) is 15.4. The highest BCUT2D eigenvalue weighted by Gasteiger charge is 2.26. The first-order valence-corrected chi connectivity index (χ1v) is 7.51. The molecule has 0 bridgehead atoms. The molecule has 1 aliphatic heterocycles. The molecule has 0 saturated carbocycles. The second kappa shape index (κ2) is 6.70. The van der Waals surface area contributed by atoms with Crippen molar-refractivity contribution in [1.82, 2.24) is 19.7 Å². The predicted octanol–water partition coefficient (Wildman–Crippen LogP) is 1.62. The van der Waals surface area contributed by atoms with Crippen molar-refractivity contribution < 1.29 is 9.53 Å². The normalized spacial score (nSPS) is 16.0. The van der Waals surface area contributed by atoms with Crippen molar-refractivity contribution in [2.45, 2.75) is 18.8 Å². The molecule has 6 nitrogen and oxygen atoms in total. The number of hydrogen-bond acceptors (Lipinski definition) is 4. The Morgan fingerprint density at radius 2 is 2.00 bits per heavy atom. The fraction of sp³-hybridized carbons (Fsp3) is 0.438. The van der Waals surface area contributed by atoms with E-state index < -0.39 is 0 Å². The van der Waals surface area contributed by atoms with Crippen molar-refractivity contribution in [3.05, 3.63) is 42.5 Å². The Labute approximate surface area is 129 Å². The first kappa shape index (κ1) is 14.7. The molecule has 0 radical (unpaired) electrons. The number of amides is 1. The number of methoxy groups -OCH3 is 1. The lowest BCUT2D eigenvalue weighted by molar-refractivity contribution is -0.136. The van der Waals surface area contributed by atoms with E-state index >= 15 is 0 Å². The first-order valence-electron chi connectivity index (χ1n) is 7.51. The zero-order valence-electron chi connectivity index (χ0n) is 12.7. The topological polar surface area (TPSA) is 60.2 Å². The standard InChI is InChI=1S/C16H20N4O2/c1-22-11-15(21)19-9-7-13(8-10-19)16-18-17-12-20(16)14-5-3-2-4-6-14/h2-6,12-13H,7-11H2,1H3. The molecule has 1 aliphatic rings. The first-order chi connectivity index (χ1) is 10.8. The highest BCUT2D eigenvalue weighted by Crippen LogP contribution is 2.28. The van der Waals surface area contributed by atoms with Gasteiger partial charge in [-0.15, -0.1) is 10.2 Å². The summed E-state index contributed by atoms with van der Waals surface area (Å²) in [6.07, 6.45) is 3.56. The van der Waals surface area contributed by atoms with E-state index in [1.165, 1.54) is 0 Å². The van der Waals surface area contributed by atoms with E-state index in [4.69, 9.17) is 4.74 Å². The molecule has 0 aliphatic carbocycles. The quantitative estimate of drug-likeness (QED) is 0.861. The minimum absolute atomic E-state index is 0.0606. The molecule has 1 saturated heterocycles. The van der Waals surface area contributed by atoms with Crippen LogP contribution in [0.2, 0.25) is 0 Å². The Morgan fingerprint density at radius 3 is 2.68 bits per heavy atom. The number of aromatic nitrogens is 3. The lowest BCUT2D eigenvalue weighted by atomic mass is 9.95. The molecule has 3 rings (SSSR count). The van der Waals surface area contributed by atoms with Gasteiger partial charge in [0, 0.05) is 31.8 Å². The average molecular weight is 300 g/mol. The number of piperidine rings is 1. The highest BCUT2D eigenvalue weighted by atomic mass is 16.5.